The Hall–Kier alpha value is -1.93. The maximum Gasteiger partial charge on any atom is 0.340 e. The van der Waals surface area contributed by atoms with Crippen molar-refractivity contribution >= 4 is 17.6 Å². The molecule has 0 aliphatic heterocycles. The number of aromatic nitrogens is 1. The van der Waals surface area contributed by atoms with E-state index < -0.39 is 6.03 Å². The Balaban J connectivity index is 2.81. The molecule has 2 amide bonds. The number of nitroso groups, excluding NO2 is 1. The molecule has 0 aromatic carbocycles. The van der Waals surface area contributed by atoms with Gasteiger partial charge in [0.1, 0.15) is 5.75 Å². The van der Waals surface area contributed by atoms with E-state index in [1.807, 2.05) is 0 Å². The fraction of sp³-hybridized carbons (Fsp3) is 0.455. The Morgan fingerprint density at radius 1 is 1.60 bits per heavy atom. The predicted molar refractivity (Wildman–Crippen MR) is 72.0 cm³/mol. The molecule has 0 atom stereocenters. The zero-order valence-electron chi connectivity index (χ0n) is 10.8. The van der Waals surface area contributed by atoms with Crippen LogP contribution in [0.3, 0.4) is 0 Å². The molecule has 0 spiro atoms. The number of nitrogens with one attached hydrogen (secondary N) is 1. The van der Waals surface area contributed by atoms with Gasteiger partial charge in [-0.3, -0.25) is 4.98 Å². The highest BCUT2D eigenvalue weighted by molar-refractivity contribution is 6.18. The van der Waals surface area contributed by atoms with E-state index in [2.05, 4.69) is 15.6 Å². The van der Waals surface area contributed by atoms with E-state index in [1.165, 1.54) is 6.20 Å². The lowest BCUT2D eigenvalue weighted by Crippen LogP contribution is -2.37. The minimum Gasteiger partial charge on any atom is -0.506 e. The number of carbonyl (C=O) groups excluding carboxylic acids is 1. The number of alkyl halides is 1. The maximum absolute atomic E-state index is 11.6. The van der Waals surface area contributed by atoms with Crippen LogP contribution < -0.4 is 5.32 Å². The third kappa shape index (κ3) is 3.78. The second-order valence-electron chi connectivity index (χ2n) is 3.91. The standard InChI is InChI=1S/C11H15ClN4O4/c1-7-10(18)9(8(6-17)4-13-7)5-14-11(19)16(15-20)3-2-12/h4,17-18H,2-3,5-6H2,1H3,(H,14,19). The molecule has 9 heteroatoms. The molecule has 1 aromatic rings. The Labute approximate surface area is 120 Å². The smallest absolute Gasteiger partial charge is 0.340 e. The summed E-state index contributed by atoms with van der Waals surface area (Å²) in [6, 6.07) is -0.738. The summed E-state index contributed by atoms with van der Waals surface area (Å²) in [5.74, 6) is -0.0412. The summed E-state index contributed by atoms with van der Waals surface area (Å²) in [6.45, 7) is 1.17. The molecule has 110 valence electrons. The van der Waals surface area contributed by atoms with Crippen LogP contribution in [0.1, 0.15) is 16.8 Å². The molecule has 0 saturated heterocycles. The molecule has 1 heterocycles. The number of aromatic hydroxyl groups is 1. The molecular formula is C11H15ClN4O4. The summed E-state index contributed by atoms with van der Waals surface area (Å²) in [7, 11) is 0. The van der Waals surface area contributed by atoms with Crippen molar-refractivity contribution < 1.29 is 15.0 Å². The summed E-state index contributed by atoms with van der Waals surface area (Å²) in [5.41, 5.74) is 1.10. The lowest BCUT2D eigenvalue weighted by molar-refractivity contribution is 0.201. The van der Waals surface area contributed by atoms with Gasteiger partial charge < -0.3 is 15.5 Å². The molecule has 0 aliphatic rings. The maximum atomic E-state index is 11.6. The van der Waals surface area contributed by atoms with E-state index in [1.54, 1.807) is 6.92 Å². The van der Waals surface area contributed by atoms with Gasteiger partial charge in [-0.25, -0.2) is 4.79 Å². The van der Waals surface area contributed by atoms with Crippen LogP contribution >= 0.6 is 11.6 Å². The second kappa shape index (κ2) is 7.61. The first-order valence-corrected chi connectivity index (χ1v) is 6.30. The molecule has 0 unspecified atom stereocenters. The first-order valence-electron chi connectivity index (χ1n) is 5.76. The van der Waals surface area contributed by atoms with E-state index in [4.69, 9.17) is 11.6 Å². The molecule has 1 aromatic heterocycles. The molecule has 0 radical (unpaired) electrons. The molecule has 8 nitrogen and oxygen atoms in total. The Bertz CT molecular complexity index is 498. The number of hydrogen-bond donors (Lipinski definition) is 3. The monoisotopic (exact) mass is 302 g/mol. The molecule has 20 heavy (non-hydrogen) atoms. The summed E-state index contributed by atoms with van der Waals surface area (Å²) < 4.78 is 0. The fourth-order valence-electron chi connectivity index (χ4n) is 1.53. The van der Waals surface area contributed by atoms with E-state index in [0.717, 1.165) is 0 Å². The van der Waals surface area contributed by atoms with Crippen molar-refractivity contribution in [3.05, 3.63) is 27.9 Å². The number of aliphatic hydroxyl groups excluding tert-OH is 1. The number of carbonyl (C=O) groups is 1. The van der Waals surface area contributed by atoms with Crippen LogP contribution in [-0.2, 0) is 13.2 Å². The van der Waals surface area contributed by atoms with Crippen LogP contribution in [0.4, 0.5) is 4.79 Å². The summed E-state index contributed by atoms with van der Waals surface area (Å²) >= 11 is 5.43. The number of rotatable bonds is 6. The third-order valence-electron chi connectivity index (χ3n) is 2.65. The van der Waals surface area contributed by atoms with Gasteiger partial charge in [0.15, 0.2) is 0 Å². The highest BCUT2D eigenvalue weighted by Gasteiger charge is 2.16. The van der Waals surface area contributed by atoms with Gasteiger partial charge in [-0.1, -0.05) is 0 Å². The topological polar surface area (TPSA) is 115 Å². The average molecular weight is 303 g/mol. The summed E-state index contributed by atoms with van der Waals surface area (Å²) in [5, 5.41) is 24.6. The Kier molecular flexibility index (Phi) is 6.13. The first kappa shape index (κ1) is 16.1. The minimum atomic E-state index is -0.738. The number of nitrogens with zero attached hydrogens (tertiary/aromatic N) is 3. The van der Waals surface area contributed by atoms with Crippen LogP contribution in [0.2, 0.25) is 0 Å². The van der Waals surface area contributed by atoms with E-state index in [-0.39, 0.29) is 31.3 Å². The molecule has 0 bridgehead atoms. The largest absolute Gasteiger partial charge is 0.506 e. The average Bonchev–Trinajstić information content (AvgIpc) is 2.45. The highest BCUT2D eigenvalue weighted by Crippen LogP contribution is 2.23. The van der Waals surface area contributed by atoms with Gasteiger partial charge in [0, 0.05) is 29.7 Å². The molecule has 1 rings (SSSR count). The van der Waals surface area contributed by atoms with Crippen molar-refractivity contribution in [3.8, 4) is 5.75 Å². The molecule has 0 saturated carbocycles. The lowest BCUT2D eigenvalue weighted by Gasteiger charge is -2.15. The number of pyridine rings is 1. The second-order valence-corrected chi connectivity index (χ2v) is 4.28. The zero-order valence-corrected chi connectivity index (χ0v) is 11.6. The van der Waals surface area contributed by atoms with Crippen molar-refractivity contribution in [2.75, 3.05) is 12.4 Å². The van der Waals surface area contributed by atoms with Crippen LogP contribution in [0.15, 0.2) is 11.5 Å². The van der Waals surface area contributed by atoms with Crippen LogP contribution in [0.25, 0.3) is 0 Å². The molecule has 0 fully saturated rings. The van der Waals surface area contributed by atoms with Gasteiger partial charge in [-0.2, -0.15) is 5.01 Å². The van der Waals surface area contributed by atoms with Crippen molar-refractivity contribution in [2.24, 2.45) is 5.29 Å². The van der Waals surface area contributed by atoms with Gasteiger partial charge in [0.25, 0.3) is 0 Å². The van der Waals surface area contributed by atoms with Gasteiger partial charge in [0.2, 0.25) is 0 Å². The van der Waals surface area contributed by atoms with Crippen LogP contribution in [0.5, 0.6) is 5.75 Å². The van der Waals surface area contributed by atoms with Crippen molar-refractivity contribution in [1.82, 2.24) is 15.3 Å². The SMILES string of the molecule is Cc1ncc(CO)c(CNC(=O)N(CCCl)N=O)c1O. The third-order valence-corrected chi connectivity index (χ3v) is 2.82. The highest BCUT2D eigenvalue weighted by atomic mass is 35.5. The zero-order chi connectivity index (χ0) is 15.1. The number of hydrogen-bond acceptors (Lipinski definition) is 6. The van der Waals surface area contributed by atoms with Crippen LogP contribution in [-0.4, -0.2) is 38.7 Å². The van der Waals surface area contributed by atoms with E-state index in [0.29, 0.717) is 21.8 Å². The summed E-state index contributed by atoms with van der Waals surface area (Å²) in [6.07, 6.45) is 1.41. The van der Waals surface area contributed by atoms with E-state index in [9.17, 15) is 19.9 Å². The van der Waals surface area contributed by atoms with Crippen molar-refractivity contribution in [3.63, 3.8) is 0 Å². The van der Waals surface area contributed by atoms with Gasteiger partial charge in [0.05, 0.1) is 24.1 Å². The lowest BCUT2D eigenvalue weighted by atomic mass is 10.1. The fourth-order valence-corrected chi connectivity index (χ4v) is 1.69. The van der Waals surface area contributed by atoms with Gasteiger partial charge in [-0.15, -0.1) is 16.5 Å². The molecule has 0 aliphatic carbocycles. The Morgan fingerprint density at radius 3 is 2.85 bits per heavy atom. The number of amides is 2. The number of aryl methyl sites for hydroxylation is 1. The number of halogens is 1. The van der Waals surface area contributed by atoms with Gasteiger partial charge >= 0.3 is 6.03 Å². The normalized spacial score (nSPS) is 10.2. The summed E-state index contributed by atoms with van der Waals surface area (Å²) in [4.78, 5) is 26.0. The van der Waals surface area contributed by atoms with Crippen molar-refractivity contribution in [2.45, 2.75) is 20.1 Å². The number of urea groups is 1. The minimum absolute atomic E-state index is 0.0227. The first-order chi connectivity index (χ1) is 9.54. The quantitative estimate of drug-likeness (QED) is 0.412. The van der Waals surface area contributed by atoms with Gasteiger partial charge in [-0.05, 0) is 6.92 Å². The van der Waals surface area contributed by atoms with E-state index >= 15 is 0 Å². The Morgan fingerprint density at radius 2 is 2.30 bits per heavy atom. The molecule has 3 N–H and O–H groups in total. The number of aliphatic hydroxyl groups is 1. The van der Waals surface area contributed by atoms with Crippen molar-refractivity contribution in [1.29, 1.82) is 0 Å². The molecular weight excluding hydrogens is 288 g/mol. The van der Waals surface area contributed by atoms with Crippen LogP contribution in [0, 0.1) is 11.8 Å². The predicted octanol–water partition coefficient (Wildman–Crippen LogP) is 1.02.